The highest BCUT2D eigenvalue weighted by atomic mass is 79.9. The Balaban J connectivity index is 2.35. The number of hydrogen-bond acceptors (Lipinski definition) is 2. The highest BCUT2D eigenvalue weighted by Gasteiger charge is 2.22. The Morgan fingerprint density at radius 3 is 2.71 bits per heavy atom. The first-order chi connectivity index (χ1) is 9.70. The molecule has 0 radical (unpaired) electrons. The SMILES string of the molecule is CC(C)(C)S(=O)NCc1nc(C(F)F)n2ccc(Br)cc12. The summed E-state index contributed by atoms with van der Waals surface area (Å²) >= 11 is 3.32. The first-order valence-corrected chi connectivity index (χ1v) is 8.24. The number of aromatic nitrogens is 2. The van der Waals surface area contributed by atoms with Gasteiger partial charge in [-0.1, -0.05) is 15.9 Å². The number of nitrogens with one attached hydrogen (secondary N) is 1. The van der Waals surface area contributed by atoms with Gasteiger partial charge in [0.05, 0.1) is 33.5 Å². The van der Waals surface area contributed by atoms with Crippen LogP contribution in [0.4, 0.5) is 8.78 Å². The maximum Gasteiger partial charge on any atom is 0.295 e. The van der Waals surface area contributed by atoms with Crippen LogP contribution in [0.3, 0.4) is 0 Å². The molecule has 8 heteroatoms. The number of imidazole rings is 1. The van der Waals surface area contributed by atoms with E-state index in [0.29, 0.717) is 11.2 Å². The van der Waals surface area contributed by atoms with E-state index in [1.54, 1.807) is 12.1 Å². The third kappa shape index (κ3) is 3.67. The minimum atomic E-state index is -2.67. The minimum absolute atomic E-state index is 0.163. The van der Waals surface area contributed by atoms with Crippen molar-refractivity contribution < 1.29 is 13.0 Å². The molecule has 2 aromatic heterocycles. The molecule has 1 N–H and O–H groups in total. The molecule has 1 atom stereocenters. The summed E-state index contributed by atoms with van der Waals surface area (Å²) in [4.78, 5) is 3.98. The summed E-state index contributed by atoms with van der Waals surface area (Å²) in [6.45, 7) is 5.67. The fourth-order valence-electron chi connectivity index (χ4n) is 1.78. The van der Waals surface area contributed by atoms with Crippen molar-refractivity contribution in [1.29, 1.82) is 0 Å². The van der Waals surface area contributed by atoms with E-state index in [1.807, 2.05) is 20.8 Å². The molecule has 0 aliphatic rings. The Labute approximate surface area is 132 Å². The maximum absolute atomic E-state index is 13.0. The molecule has 0 saturated heterocycles. The van der Waals surface area contributed by atoms with Gasteiger partial charge in [-0.25, -0.2) is 22.7 Å². The van der Waals surface area contributed by atoms with E-state index < -0.39 is 22.2 Å². The molecule has 2 aromatic rings. The lowest BCUT2D eigenvalue weighted by Crippen LogP contribution is -2.33. The van der Waals surface area contributed by atoms with Gasteiger partial charge < -0.3 is 0 Å². The van der Waals surface area contributed by atoms with Gasteiger partial charge in [-0.05, 0) is 32.9 Å². The molecule has 2 heterocycles. The van der Waals surface area contributed by atoms with Gasteiger partial charge in [0.15, 0.2) is 5.82 Å². The quantitative estimate of drug-likeness (QED) is 0.881. The van der Waals surface area contributed by atoms with Crippen molar-refractivity contribution in [2.75, 3.05) is 0 Å². The van der Waals surface area contributed by atoms with Crippen molar-refractivity contribution in [3.63, 3.8) is 0 Å². The summed E-state index contributed by atoms with van der Waals surface area (Å²) in [5.41, 5.74) is 1.02. The fraction of sp³-hybridized carbons (Fsp3) is 0.462. The van der Waals surface area contributed by atoms with Gasteiger partial charge in [-0.2, -0.15) is 0 Å². The Morgan fingerprint density at radius 2 is 2.14 bits per heavy atom. The van der Waals surface area contributed by atoms with Crippen LogP contribution in [0, 0.1) is 0 Å². The molecular weight excluding hydrogens is 364 g/mol. The van der Waals surface area contributed by atoms with Crippen molar-refractivity contribution >= 4 is 32.4 Å². The summed E-state index contributed by atoms with van der Waals surface area (Å²) in [6.07, 6.45) is -1.13. The third-order valence-electron chi connectivity index (χ3n) is 2.83. The topological polar surface area (TPSA) is 46.4 Å². The molecule has 0 aliphatic heterocycles. The zero-order valence-corrected chi connectivity index (χ0v) is 14.3. The maximum atomic E-state index is 13.0. The lowest BCUT2D eigenvalue weighted by molar-refractivity contribution is 0.139. The molecule has 116 valence electrons. The van der Waals surface area contributed by atoms with Gasteiger partial charge in [0.1, 0.15) is 0 Å². The van der Waals surface area contributed by atoms with Crippen LogP contribution in [0.1, 0.15) is 38.7 Å². The molecule has 4 nitrogen and oxygen atoms in total. The lowest BCUT2D eigenvalue weighted by Gasteiger charge is -2.17. The molecular formula is C13H16BrF2N3OS. The van der Waals surface area contributed by atoms with E-state index >= 15 is 0 Å². The van der Waals surface area contributed by atoms with Gasteiger partial charge in [0.25, 0.3) is 6.43 Å². The first-order valence-electron chi connectivity index (χ1n) is 6.30. The van der Waals surface area contributed by atoms with Crippen molar-refractivity contribution in [3.05, 3.63) is 34.3 Å². The van der Waals surface area contributed by atoms with Gasteiger partial charge in [-0.15, -0.1) is 0 Å². The molecule has 0 saturated carbocycles. The summed E-state index contributed by atoms with van der Waals surface area (Å²) < 4.78 is 42.6. The molecule has 0 spiro atoms. The molecule has 1 unspecified atom stereocenters. The van der Waals surface area contributed by atoms with Crippen LogP contribution >= 0.6 is 15.9 Å². The molecule has 0 fully saturated rings. The Hall–Kier alpha value is -0.860. The monoisotopic (exact) mass is 379 g/mol. The van der Waals surface area contributed by atoms with Crippen LogP contribution in [0.15, 0.2) is 22.8 Å². The van der Waals surface area contributed by atoms with Gasteiger partial charge >= 0.3 is 0 Å². The molecule has 0 amide bonds. The molecule has 0 bridgehead atoms. The largest absolute Gasteiger partial charge is 0.299 e. The van der Waals surface area contributed by atoms with E-state index in [4.69, 9.17) is 0 Å². The Morgan fingerprint density at radius 1 is 1.48 bits per heavy atom. The van der Waals surface area contributed by atoms with Gasteiger partial charge in [-0.3, -0.25) is 4.40 Å². The van der Waals surface area contributed by atoms with Gasteiger partial charge in [0, 0.05) is 10.7 Å². The van der Waals surface area contributed by atoms with Crippen molar-refractivity contribution in [3.8, 4) is 0 Å². The zero-order chi connectivity index (χ0) is 15.8. The normalized spacial score (nSPS) is 14.0. The number of nitrogens with zero attached hydrogens (tertiary/aromatic N) is 2. The van der Waals surface area contributed by atoms with Crippen LogP contribution in [-0.4, -0.2) is 18.3 Å². The highest BCUT2D eigenvalue weighted by molar-refractivity contribution is 9.10. The van der Waals surface area contributed by atoms with Crippen molar-refractivity contribution in [1.82, 2.24) is 14.1 Å². The van der Waals surface area contributed by atoms with Crippen molar-refractivity contribution in [2.45, 2.75) is 38.5 Å². The Kier molecular flexibility index (Phi) is 4.79. The van der Waals surface area contributed by atoms with Crippen LogP contribution in [0.25, 0.3) is 5.52 Å². The summed E-state index contributed by atoms with van der Waals surface area (Å²) in [7, 11) is -1.29. The van der Waals surface area contributed by atoms with Crippen LogP contribution in [-0.2, 0) is 17.5 Å². The minimum Gasteiger partial charge on any atom is -0.299 e. The third-order valence-corrected chi connectivity index (χ3v) is 4.84. The van der Waals surface area contributed by atoms with Crippen LogP contribution in [0.2, 0.25) is 0 Å². The average Bonchev–Trinajstić information content (AvgIpc) is 2.73. The van der Waals surface area contributed by atoms with E-state index in [-0.39, 0.29) is 12.4 Å². The number of alkyl halides is 2. The highest BCUT2D eigenvalue weighted by Crippen LogP contribution is 2.24. The second-order valence-electron chi connectivity index (χ2n) is 5.52. The van der Waals surface area contributed by atoms with E-state index in [2.05, 4.69) is 25.6 Å². The standard InChI is InChI=1S/C13H16BrF2N3OS/c1-13(2,3)21(20)17-7-9-10-6-8(14)4-5-19(10)12(18-9)11(15)16/h4-6,11,17H,7H2,1-3H3. The smallest absolute Gasteiger partial charge is 0.295 e. The van der Waals surface area contributed by atoms with Crippen LogP contribution < -0.4 is 4.72 Å². The summed E-state index contributed by atoms with van der Waals surface area (Å²) in [5, 5.41) is 0. The Bertz CT molecular complexity index is 682. The number of hydrogen-bond donors (Lipinski definition) is 1. The number of halogens is 3. The summed E-state index contributed by atoms with van der Waals surface area (Å²) in [5.74, 6) is -0.309. The molecule has 21 heavy (non-hydrogen) atoms. The van der Waals surface area contributed by atoms with E-state index in [1.165, 1.54) is 10.6 Å². The average molecular weight is 380 g/mol. The number of fused-ring (bicyclic) bond motifs is 1. The molecule has 0 aliphatic carbocycles. The van der Waals surface area contributed by atoms with Crippen molar-refractivity contribution in [2.24, 2.45) is 0 Å². The predicted octanol–water partition coefficient (Wildman–Crippen LogP) is 3.59. The molecule has 2 rings (SSSR count). The second kappa shape index (κ2) is 6.10. The first kappa shape index (κ1) is 16.5. The summed E-state index contributed by atoms with van der Waals surface area (Å²) in [6, 6.07) is 3.39. The molecule has 0 aromatic carbocycles. The predicted molar refractivity (Wildman–Crippen MR) is 82.6 cm³/mol. The lowest BCUT2D eigenvalue weighted by atomic mass is 10.3. The van der Waals surface area contributed by atoms with Gasteiger partial charge in [0.2, 0.25) is 0 Å². The zero-order valence-electron chi connectivity index (χ0n) is 11.9. The number of pyridine rings is 1. The van der Waals surface area contributed by atoms with Crippen LogP contribution in [0.5, 0.6) is 0 Å². The van der Waals surface area contributed by atoms with E-state index in [9.17, 15) is 13.0 Å². The van der Waals surface area contributed by atoms with E-state index in [0.717, 1.165) is 4.47 Å². The fourth-order valence-corrected chi connectivity index (χ4v) is 2.82. The second-order valence-corrected chi connectivity index (χ2v) is 8.49. The number of rotatable bonds is 4.